The lowest BCUT2D eigenvalue weighted by Gasteiger charge is -2.34. The molecule has 0 aromatic rings. The fraction of sp³-hybridized carbons (Fsp3) is 0.938. The van der Waals surface area contributed by atoms with E-state index in [4.69, 9.17) is 0 Å². The maximum absolute atomic E-state index is 4.26. The van der Waals surface area contributed by atoms with E-state index in [0.29, 0.717) is 0 Å². The number of nitrogens with one attached hydrogen (secondary N) is 2. The predicted octanol–water partition coefficient (Wildman–Crippen LogP) is 1.37. The van der Waals surface area contributed by atoms with Crippen LogP contribution in [0, 0.1) is 0 Å². The monoisotopic (exact) mass is 297 g/mol. The minimum Gasteiger partial charge on any atom is -0.356 e. The summed E-state index contributed by atoms with van der Waals surface area (Å²) in [4.78, 5) is 9.38. The SMILES string of the molecule is CCN1CCN(CCCCNC(=NC)NC(C)(C)C)CC1. The largest absolute Gasteiger partial charge is 0.356 e. The van der Waals surface area contributed by atoms with Gasteiger partial charge < -0.3 is 20.4 Å². The van der Waals surface area contributed by atoms with Crippen LogP contribution in [0.15, 0.2) is 4.99 Å². The molecule has 1 heterocycles. The minimum absolute atomic E-state index is 0.0563. The summed E-state index contributed by atoms with van der Waals surface area (Å²) in [6.07, 6.45) is 2.45. The van der Waals surface area contributed by atoms with Crippen molar-refractivity contribution in [3.05, 3.63) is 0 Å². The predicted molar refractivity (Wildman–Crippen MR) is 92.0 cm³/mol. The first-order chi connectivity index (χ1) is 9.94. The molecule has 21 heavy (non-hydrogen) atoms. The Kier molecular flexibility index (Phi) is 8.04. The normalized spacial score (nSPS) is 18.8. The Hall–Kier alpha value is -0.810. The molecule has 0 spiro atoms. The second-order valence-electron chi connectivity index (χ2n) is 6.86. The van der Waals surface area contributed by atoms with Crippen LogP contribution in [-0.4, -0.2) is 74.2 Å². The van der Waals surface area contributed by atoms with Gasteiger partial charge in [-0.1, -0.05) is 6.92 Å². The molecule has 1 aliphatic rings. The zero-order valence-electron chi connectivity index (χ0n) is 14.7. The van der Waals surface area contributed by atoms with Gasteiger partial charge in [0, 0.05) is 45.3 Å². The number of likely N-dealkylation sites (N-methyl/N-ethyl adjacent to an activating group) is 1. The van der Waals surface area contributed by atoms with Crippen LogP contribution in [0.2, 0.25) is 0 Å². The van der Waals surface area contributed by atoms with Crippen molar-refractivity contribution < 1.29 is 0 Å². The Morgan fingerprint density at radius 2 is 1.67 bits per heavy atom. The molecule has 0 saturated carbocycles. The molecule has 0 aromatic carbocycles. The summed E-state index contributed by atoms with van der Waals surface area (Å²) in [7, 11) is 1.83. The maximum atomic E-state index is 4.26. The first-order valence-electron chi connectivity index (χ1n) is 8.38. The van der Waals surface area contributed by atoms with Gasteiger partial charge in [-0.2, -0.15) is 0 Å². The average molecular weight is 297 g/mol. The second-order valence-corrected chi connectivity index (χ2v) is 6.86. The van der Waals surface area contributed by atoms with Crippen molar-refractivity contribution in [2.75, 3.05) is 52.9 Å². The maximum Gasteiger partial charge on any atom is 0.191 e. The van der Waals surface area contributed by atoms with Gasteiger partial charge in [0.2, 0.25) is 0 Å². The van der Waals surface area contributed by atoms with Crippen molar-refractivity contribution in [3.63, 3.8) is 0 Å². The van der Waals surface area contributed by atoms with Crippen molar-refractivity contribution in [1.82, 2.24) is 20.4 Å². The van der Waals surface area contributed by atoms with E-state index in [2.05, 4.69) is 53.1 Å². The molecule has 1 aliphatic heterocycles. The number of unbranched alkanes of at least 4 members (excludes halogenated alkanes) is 1. The molecule has 1 saturated heterocycles. The smallest absolute Gasteiger partial charge is 0.191 e. The third-order valence-corrected chi connectivity index (χ3v) is 3.82. The number of rotatable bonds is 6. The molecule has 1 rings (SSSR count). The number of aliphatic imine (C=N–C) groups is 1. The van der Waals surface area contributed by atoms with E-state index in [0.717, 1.165) is 12.5 Å². The van der Waals surface area contributed by atoms with Crippen molar-refractivity contribution >= 4 is 5.96 Å². The lowest BCUT2D eigenvalue weighted by atomic mass is 10.1. The van der Waals surface area contributed by atoms with Gasteiger partial charge in [-0.05, 0) is 46.7 Å². The topological polar surface area (TPSA) is 42.9 Å². The third-order valence-electron chi connectivity index (χ3n) is 3.82. The van der Waals surface area contributed by atoms with Crippen LogP contribution in [0.1, 0.15) is 40.5 Å². The summed E-state index contributed by atoms with van der Waals surface area (Å²) in [6.45, 7) is 17.0. The highest BCUT2D eigenvalue weighted by Gasteiger charge is 2.14. The number of piperazine rings is 1. The quantitative estimate of drug-likeness (QED) is 0.441. The summed E-state index contributed by atoms with van der Waals surface area (Å²) in [5.74, 6) is 0.902. The van der Waals surface area contributed by atoms with Gasteiger partial charge in [-0.3, -0.25) is 4.99 Å². The van der Waals surface area contributed by atoms with E-state index in [1.165, 1.54) is 52.1 Å². The molecule has 0 atom stereocenters. The Bertz CT molecular complexity index is 300. The van der Waals surface area contributed by atoms with Crippen LogP contribution in [0.3, 0.4) is 0 Å². The van der Waals surface area contributed by atoms with Gasteiger partial charge in [-0.25, -0.2) is 0 Å². The molecule has 0 bridgehead atoms. The van der Waals surface area contributed by atoms with E-state index >= 15 is 0 Å². The number of nitrogens with zero attached hydrogens (tertiary/aromatic N) is 3. The summed E-state index contributed by atoms with van der Waals surface area (Å²) >= 11 is 0. The molecule has 0 amide bonds. The van der Waals surface area contributed by atoms with Gasteiger partial charge in [0.05, 0.1) is 0 Å². The standard InChI is InChI=1S/C16H35N5/c1-6-20-11-13-21(14-12-20)10-8-7-9-18-15(17-5)19-16(2,3)4/h6-14H2,1-5H3,(H2,17,18,19). The van der Waals surface area contributed by atoms with E-state index in [1.54, 1.807) is 0 Å². The molecular formula is C16H35N5. The summed E-state index contributed by atoms with van der Waals surface area (Å²) < 4.78 is 0. The molecule has 5 nitrogen and oxygen atoms in total. The second kappa shape index (κ2) is 9.26. The number of hydrogen-bond donors (Lipinski definition) is 2. The van der Waals surface area contributed by atoms with Gasteiger partial charge in [0.1, 0.15) is 0 Å². The van der Waals surface area contributed by atoms with Crippen LogP contribution in [0.4, 0.5) is 0 Å². The van der Waals surface area contributed by atoms with Crippen LogP contribution in [0.25, 0.3) is 0 Å². The molecule has 5 heteroatoms. The molecule has 0 aromatic heterocycles. The summed E-state index contributed by atoms with van der Waals surface area (Å²) in [6, 6.07) is 0. The van der Waals surface area contributed by atoms with Crippen molar-refractivity contribution in [2.45, 2.75) is 46.1 Å². The van der Waals surface area contributed by atoms with Crippen LogP contribution < -0.4 is 10.6 Å². The fourth-order valence-corrected chi connectivity index (χ4v) is 2.53. The lowest BCUT2D eigenvalue weighted by molar-refractivity contribution is 0.136. The van der Waals surface area contributed by atoms with E-state index < -0.39 is 0 Å². The Morgan fingerprint density at radius 1 is 1.05 bits per heavy atom. The van der Waals surface area contributed by atoms with Crippen molar-refractivity contribution in [2.24, 2.45) is 4.99 Å². The highest BCUT2D eigenvalue weighted by Crippen LogP contribution is 2.03. The van der Waals surface area contributed by atoms with E-state index in [-0.39, 0.29) is 5.54 Å². The molecule has 2 N–H and O–H groups in total. The molecular weight excluding hydrogens is 262 g/mol. The third kappa shape index (κ3) is 8.27. The average Bonchev–Trinajstić information content (AvgIpc) is 2.45. The van der Waals surface area contributed by atoms with Crippen LogP contribution in [-0.2, 0) is 0 Å². The van der Waals surface area contributed by atoms with Gasteiger partial charge >= 0.3 is 0 Å². The Balaban J connectivity index is 2.06. The fourth-order valence-electron chi connectivity index (χ4n) is 2.53. The molecule has 1 fully saturated rings. The Morgan fingerprint density at radius 3 is 2.19 bits per heavy atom. The summed E-state index contributed by atoms with van der Waals surface area (Å²) in [5.41, 5.74) is 0.0563. The Labute approximate surface area is 131 Å². The van der Waals surface area contributed by atoms with Crippen molar-refractivity contribution in [1.29, 1.82) is 0 Å². The number of guanidine groups is 1. The molecule has 0 radical (unpaired) electrons. The highest BCUT2D eigenvalue weighted by molar-refractivity contribution is 5.80. The molecule has 0 unspecified atom stereocenters. The van der Waals surface area contributed by atoms with Crippen LogP contribution >= 0.6 is 0 Å². The minimum atomic E-state index is 0.0563. The van der Waals surface area contributed by atoms with E-state index in [9.17, 15) is 0 Å². The van der Waals surface area contributed by atoms with E-state index in [1.807, 2.05) is 7.05 Å². The van der Waals surface area contributed by atoms with Gasteiger partial charge in [0.15, 0.2) is 5.96 Å². The first-order valence-corrected chi connectivity index (χ1v) is 8.38. The highest BCUT2D eigenvalue weighted by atomic mass is 15.3. The zero-order valence-corrected chi connectivity index (χ0v) is 14.7. The molecule has 124 valence electrons. The number of hydrogen-bond acceptors (Lipinski definition) is 3. The van der Waals surface area contributed by atoms with Gasteiger partial charge in [0.25, 0.3) is 0 Å². The van der Waals surface area contributed by atoms with Crippen LogP contribution in [0.5, 0.6) is 0 Å². The molecule has 0 aliphatic carbocycles. The first kappa shape index (κ1) is 18.2. The van der Waals surface area contributed by atoms with Gasteiger partial charge in [-0.15, -0.1) is 0 Å². The zero-order chi connectivity index (χ0) is 15.7. The van der Waals surface area contributed by atoms with Crippen molar-refractivity contribution in [3.8, 4) is 0 Å². The summed E-state index contributed by atoms with van der Waals surface area (Å²) in [5, 5.41) is 6.77. The lowest BCUT2D eigenvalue weighted by Crippen LogP contribution is -2.48.